The van der Waals surface area contributed by atoms with Gasteiger partial charge in [-0.1, -0.05) is 12.1 Å². The standard InChI is InChI=1S/C21H20FN5/c1-13(2)27-8-7-16-17(9-23)20(26)21(11-24,12-25)19(18(16)10-27)14-3-5-15(22)6-4-14/h3-7,13,17-19,26H,8,10H2,1-2H3/p+1/t17?,18-,19+/m1/s1. The molecule has 0 bridgehead atoms. The molecule has 1 aromatic carbocycles. The lowest BCUT2D eigenvalue weighted by atomic mass is 9.54. The van der Waals surface area contributed by atoms with Crippen molar-refractivity contribution in [2.24, 2.45) is 17.3 Å². The van der Waals surface area contributed by atoms with Crippen LogP contribution in [0.1, 0.15) is 25.3 Å². The molecule has 5 nitrogen and oxygen atoms in total. The molecule has 0 saturated heterocycles. The third kappa shape index (κ3) is 2.81. The number of halogens is 1. The topological polar surface area (TPSA) is 99.7 Å². The molecule has 2 aliphatic rings. The van der Waals surface area contributed by atoms with Gasteiger partial charge >= 0.3 is 0 Å². The summed E-state index contributed by atoms with van der Waals surface area (Å²) in [6.45, 7) is 5.63. The number of nitriles is 3. The maximum atomic E-state index is 13.5. The maximum Gasteiger partial charge on any atom is 0.189 e. The lowest BCUT2D eigenvalue weighted by Crippen LogP contribution is -3.16. The average molecular weight is 362 g/mol. The SMILES string of the molecule is CC(C)[NH+]1CC=C2C(C#N)C(=N)C(C#N)(C#N)[C@@H](c3ccc(F)cc3)[C@@H]2C1. The molecule has 27 heavy (non-hydrogen) atoms. The molecule has 1 aliphatic carbocycles. The molecule has 0 aromatic heterocycles. The second kappa shape index (κ2) is 6.95. The van der Waals surface area contributed by atoms with Crippen LogP contribution in [-0.4, -0.2) is 24.8 Å². The Balaban J connectivity index is 2.23. The molecule has 1 fully saturated rings. The van der Waals surface area contributed by atoms with Crippen LogP contribution >= 0.6 is 0 Å². The Morgan fingerprint density at radius 3 is 2.33 bits per heavy atom. The first-order valence-corrected chi connectivity index (χ1v) is 9.00. The first kappa shape index (κ1) is 18.8. The van der Waals surface area contributed by atoms with E-state index >= 15 is 0 Å². The van der Waals surface area contributed by atoms with Gasteiger partial charge in [-0.3, -0.25) is 0 Å². The highest BCUT2D eigenvalue weighted by atomic mass is 19.1. The Morgan fingerprint density at radius 1 is 1.19 bits per heavy atom. The second-order valence-electron chi connectivity index (χ2n) is 7.57. The molecule has 0 amide bonds. The molecule has 2 N–H and O–H groups in total. The van der Waals surface area contributed by atoms with E-state index in [1.54, 1.807) is 12.1 Å². The van der Waals surface area contributed by atoms with E-state index in [1.165, 1.54) is 17.0 Å². The molecule has 0 radical (unpaired) electrons. The number of hydrogen-bond donors (Lipinski definition) is 2. The molecule has 4 atom stereocenters. The first-order chi connectivity index (χ1) is 12.9. The summed E-state index contributed by atoms with van der Waals surface area (Å²) in [6.07, 6.45) is 2.00. The van der Waals surface area contributed by atoms with Crippen LogP contribution in [0.15, 0.2) is 35.9 Å². The van der Waals surface area contributed by atoms with Gasteiger partial charge in [-0.25, -0.2) is 4.39 Å². The summed E-state index contributed by atoms with van der Waals surface area (Å²) in [7, 11) is 0. The smallest absolute Gasteiger partial charge is 0.189 e. The van der Waals surface area contributed by atoms with E-state index in [2.05, 4.69) is 32.1 Å². The average Bonchev–Trinajstić information content (AvgIpc) is 2.67. The van der Waals surface area contributed by atoms with Crippen molar-refractivity contribution >= 4 is 5.71 Å². The van der Waals surface area contributed by atoms with E-state index in [0.29, 0.717) is 18.2 Å². The van der Waals surface area contributed by atoms with Crippen molar-refractivity contribution in [3.63, 3.8) is 0 Å². The number of quaternary nitrogens is 1. The molecule has 136 valence electrons. The van der Waals surface area contributed by atoms with E-state index < -0.39 is 23.1 Å². The van der Waals surface area contributed by atoms with Gasteiger partial charge in [0.05, 0.1) is 43.1 Å². The monoisotopic (exact) mass is 362 g/mol. The molecule has 1 aliphatic heterocycles. The summed E-state index contributed by atoms with van der Waals surface area (Å²) in [5, 5.41) is 38.1. The summed E-state index contributed by atoms with van der Waals surface area (Å²) in [5.41, 5.74) is -0.427. The summed E-state index contributed by atoms with van der Waals surface area (Å²) >= 11 is 0. The molecule has 2 unspecified atom stereocenters. The minimum atomic E-state index is -1.74. The zero-order valence-corrected chi connectivity index (χ0v) is 15.3. The second-order valence-corrected chi connectivity index (χ2v) is 7.57. The van der Waals surface area contributed by atoms with Gasteiger partial charge in [0.1, 0.15) is 11.7 Å². The number of hydrogen-bond acceptors (Lipinski definition) is 4. The van der Waals surface area contributed by atoms with Crippen LogP contribution in [0.3, 0.4) is 0 Å². The fourth-order valence-electron chi connectivity index (χ4n) is 4.44. The predicted molar refractivity (Wildman–Crippen MR) is 97.0 cm³/mol. The van der Waals surface area contributed by atoms with Gasteiger partial charge in [0, 0.05) is 11.8 Å². The van der Waals surface area contributed by atoms with Crippen molar-refractivity contribution in [3.05, 3.63) is 47.3 Å². The fourth-order valence-corrected chi connectivity index (χ4v) is 4.44. The molecule has 3 rings (SSSR count). The molecular weight excluding hydrogens is 341 g/mol. The largest absolute Gasteiger partial charge is 0.329 e. The van der Waals surface area contributed by atoms with E-state index in [-0.39, 0.29) is 11.6 Å². The van der Waals surface area contributed by atoms with Gasteiger partial charge in [-0.05, 0) is 43.2 Å². The van der Waals surface area contributed by atoms with E-state index in [0.717, 1.165) is 12.1 Å². The van der Waals surface area contributed by atoms with Gasteiger partial charge in [-0.15, -0.1) is 0 Å². The molecule has 1 heterocycles. The van der Waals surface area contributed by atoms with Gasteiger partial charge in [0.2, 0.25) is 0 Å². The van der Waals surface area contributed by atoms with Gasteiger partial charge < -0.3 is 10.3 Å². The van der Waals surface area contributed by atoms with Gasteiger partial charge in [-0.2, -0.15) is 15.8 Å². The number of benzene rings is 1. The number of nitrogens with one attached hydrogen (secondary N) is 2. The third-order valence-corrected chi connectivity index (χ3v) is 5.95. The molecule has 0 spiro atoms. The van der Waals surface area contributed by atoms with Crippen molar-refractivity contribution in [3.8, 4) is 18.2 Å². The minimum Gasteiger partial charge on any atom is -0.329 e. The summed E-state index contributed by atoms with van der Waals surface area (Å²) < 4.78 is 13.5. The van der Waals surface area contributed by atoms with Crippen LogP contribution in [0.4, 0.5) is 4.39 Å². The van der Waals surface area contributed by atoms with Crippen molar-refractivity contribution in [2.75, 3.05) is 13.1 Å². The highest BCUT2D eigenvalue weighted by Gasteiger charge is 2.58. The van der Waals surface area contributed by atoms with Crippen LogP contribution in [-0.2, 0) is 0 Å². The Labute approximate surface area is 158 Å². The third-order valence-electron chi connectivity index (χ3n) is 5.95. The first-order valence-electron chi connectivity index (χ1n) is 9.00. The van der Waals surface area contributed by atoms with Crippen LogP contribution < -0.4 is 4.90 Å². The van der Waals surface area contributed by atoms with Crippen LogP contribution in [0.25, 0.3) is 0 Å². The fraction of sp³-hybridized carbons (Fsp3) is 0.429. The Bertz CT molecular complexity index is 896. The zero-order chi connectivity index (χ0) is 19.8. The summed E-state index contributed by atoms with van der Waals surface area (Å²) in [6, 6.07) is 12.4. The Hall–Kier alpha value is -3.01. The van der Waals surface area contributed by atoms with Crippen molar-refractivity contribution in [1.82, 2.24) is 0 Å². The van der Waals surface area contributed by atoms with Crippen molar-refractivity contribution in [1.29, 1.82) is 21.2 Å². The zero-order valence-electron chi connectivity index (χ0n) is 15.3. The summed E-state index contributed by atoms with van der Waals surface area (Å²) in [5.74, 6) is -2.09. The molecule has 6 heteroatoms. The highest BCUT2D eigenvalue weighted by Crippen LogP contribution is 2.52. The number of fused-ring (bicyclic) bond motifs is 1. The number of rotatable bonds is 2. The Morgan fingerprint density at radius 2 is 1.81 bits per heavy atom. The predicted octanol–water partition coefficient (Wildman–Crippen LogP) is 1.97. The van der Waals surface area contributed by atoms with Crippen LogP contribution in [0.5, 0.6) is 0 Å². The van der Waals surface area contributed by atoms with E-state index in [1.807, 2.05) is 6.08 Å². The quantitative estimate of drug-likeness (QED) is 0.787. The van der Waals surface area contributed by atoms with Crippen molar-refractivity contribution < 1.29 is 9.29 Å². The summed E-state index contributed by atoms with van der Waals surface area (Å²) in [4.78, 5) is 1.30. The highest BCUT2D eigenvalue weighted by molar-refractivity contribution is 6.00. The lowest BCUT2D eigenvalue weighted by molar-refractivity contribution is -0.920. The van der Waals surface area contributed by atoms with Crippen LogP contribution in [0.2, 0.25) is 0 Å². The molecule has 1 saturated carbocycles. The minimum absolute atomic E-state index is 0.167. The molecule has 1 aromatic rings. The Kier molecular flexibility index (Phi) is 4.83. The number of nitrogens with zero attached hydrogens (tertiary/aromatic N) is 3. The maximum absolute atomic E-state index is 13.5. The van der Waals surface area contributed by atoms with Crippen LogP contribution in [0, 0.1) is 62.5 Å². The lowest BCUT2D eigenvalue weighted by Gasteiger charge is -2.47. The van der Waals surface area contributed by atoms with Gasteiger partial charge in [0.15, 0.2) is 5.41 Å². The van der Waals surface area contributed by atoms with E-state index in [9.17, 15) is 20.2 Å². The van der Waals surface area contributed by atoms with Crippen molar-refractivity contribution in [2.45, 2.75) is 25.8 Å². The normalized spacial score (nSPS) is 29.1. The van der Waals surface area contributed by atoms with E-state index in [4.69, 9.17) is 5.41 Å². The molecular formula is C21H21FN5+. The van der Waals surface area contributed by atoms with Gasteiger partial charge in [0.25, 0.3) is 0 Å².